The van der Waals surface area contributed by atoms with Gasteiger partial charge in [-0.1, -0.05) is 18.2 Å². The number of likely N-dealkylation sites (tertiary alicyclic amines) is 1. The number of hydrogen-bond donors (Lipinski definition) is 0. The highest BCUT2D eigenvalue weighted by Crippen LogP contribution is 2.38. The van der Waals surface area contributed by atoms with E-state index >= 15 is 0 Å². The zero-order valence-corrected chi connectivity index (χ0v) is 15.0. The number of amides is 1. The number of piperidine rings is 1. The van der Waals surface area contributed by atoms with Crippen LogP contribution in [-0.4, -0.2) is 59.2 Å². The summed E-state index contributed by atoms with van der Waals surface area (Å²) >= 11 is 0. The number of rotatable bonds is 3. The van der Waals surface area contributed by atoms with Crippen LogP contribution in [0.3, 0.4) is 0 Å². The molecule has 1 aromatic heterocycles. The van der Waals surface area contributed by atoms with Crippen LogP contribution in [0.1, 0.15) is 29.9 Å². The van der Waals surface area contributed by atoms with Gasteiger partial charge in [0.15, 0.2) is 0 Å². The van der Waals surface area contributed by atoms with Crippen LogP contribution in [0.15, 0.2) is 48.8 Å². The molecule has 0 aliphatic carbocycles. The van der Waals surface area contributed by atoms with Gasteiger partial charge in [0.25, 0.3) is 5.91 Å². The van der Waals surface area contributed by atoms with E-state index in [1.807, 2.05) is 11.0 Å². The molecule has 3 heterocycles. The number of para-hydroxylation sites is 1. The highest BCUT2D eigenvalue weighted by atomic mass is 16.5. The third-order valence-electron chi connectivity index (χ3n) is 5.62. The van der Waals surface area contributed by atoms with E-state index in [-0.39, 0.29) is 17.3 Å². The minimum absolute atomic E-state index is 0.0867. The van der Waals surface area contributed by atoms with Crippen molar-refractivity contribution in [2.75, 3.05) is 31.6 Å². The molecule has 2 aromatic rings. The summed E-state index contributed by atoms with van der Waals surface area (Å²) in [6.07, 6.45) is 5.95. The van der Waals surface area contributed by atoms with E-state index < -0.39 is 0 Å². The van der Waals surface area contributed by atoms with Crippen LogP contribution in [0.25, 0.3) is 0 Å². The molecule has 26 heavy (non-hydrogen) atoms. The Balaban J connectivity index is 1.37. The predicted octanol–water partition coefficient (Wildman–Crippen LogP) is 2.38. The first kappa shape index (κ1) is 17.0. The van der Waals surface area contributed by atoms with Gasteiger partial charge in [0, 0.05) is 38.2 Å². The number of carbonyl (C=O) groups is 1. The Morgan fingerprint density at radius 2 is 1.85 bits per heavy atom. The highest BCUT2D eigenvalue weighted by Gasteiger charge is 2.44. The van der Waals surface area contributed by atoms with Crippen molar-refractivity contribution in [3.63, 3.8) is 0 Å². The molecule has 4 rings (SSSR count). The van der Waals surface area contributed by atoms with E-state index in [1.54, 1.807) is 18.5 Å². The molecule has 0 N–H and O–H groups in total. The molecular weight excluding hydrogens is 328 g/mol. The van der Waals surface area contributed by atoms with Crippen LogP contribution in [0.2, 0.25) is 0 Å². The quantitative estimate of drug-likeness (QED) is 0.849. The monoisotopic (exact) mass is 352 g/mol. The van der Waals surface area contributed by atoms with Gasteiger partial charge in [0.05, 0.1) is 18.2 Å². The second kappa shape index (κ2) is 7.03. The summed E-state index contributed by atoms with van der Waals surface area (Å²) < 4.78 is 6.26. The topological polar surface area (TPSA) is 58.6 Å². The lowest BCUT2D eigenvalue weighted by Gasteiger charge is -2.38. The standard InChI is InChI=1S/C20H24N4O2/c1-23(16-6-3-2-4-7-16)17-14-20(26-15-17)8-12-24(13-9-20)19(25)18-21-10-5-11-22-18/h2-7,10-11,17H,8-9,12-15H2,1H3. The van der Waals surface area contributed by atoms with Gasteiger partial charge in [0.2, 0.25) is 5.82 Å². The Kier molecular flexibility index (Phi) is 4.59. The number of anilines is 1. The molecule has 2 aliphatic heterocycles. The molecule has 0 bridgehead atoms. The number of hydrogen-bond acceptors (Lipinski definition) is 5. The minimum atomic E-state index is -0.109. The number of nitrogens with zero attached hydrogens (tertiary/aromatic N) is 4. The number of benzene rings is 1. The fraction of sp³-hybridized carbons (Fsp3) is 0.450. The first-order chi connectivity index (χ1) is 12.7. The molecule has 1 atom stereocenters. The van der Waals surface area contributed by atoms with Crippen LogP contribution in [0, 0.1) is 0 Å². The van der Waals surface area contributed by atoms with Gasteiger partial charge in [0.1, 0.15) is 0 Å². The molecule has 1 unspecified atom stereocenters. The number of likely N-dealkylation sites (N-methyl/N-ethyl adjacent to an activating group) is 1. The van der Waals surface area contributed by atoms with Crippen LogP contribution < -0.4 is 4.90 Å². The van der Waals surface area contributed by atoms with Gasteiger partial charge in [-0.05, 0) is 37.5 Å². The third kappa shape index (κ3) is 3.29. The number of aromatic nitrogens is 2. The van der Waals surface area contributed by atoms with Crippen molar-refractivity contribution in [1.29, 1.82) is 0 Å². The summed E-state index contributed by atoms with van der Waals surface area (Å²) in [5, 5.41) is 0. The van der Waals surface area contributed by atoms with Gasteiger partial charge in [-0.3, -0.25) is 4.79 Å². The highest BCUT2D eigenvalue weighted by molar-refractivity contribution is 5.90. The maximum absolute atomic E-state index is 12.5. The molecule has 0 radical (unpaired) electrons. The lowest BCUT2D eigenvalue weighted by molar-refractivity contribution is -0.0390. The number of carbonyl (C=O) groups excluding carboxylic acids is 1. The predicted molar refractivity (Wildman–Crippen MR) is 99.1 cm³/mol. The van der Waals surface area contributed by atoms with Crippen molar-refractivity contribution in [2.45, 2.75) is 30.9 Å². The Morgan fingerprint density at radius 1 is 1.15 bits per heavy atom. The Morgan fingerprint density at radius 3 is 2.54 bits per heavy atom. The van der Waals surface area contributed by atoms with Crippen LogP contribution in [0.5, 0.6) is 0 Å². The first-order valence-electron chi connectivity index (χ1n) is 9.15. The van der Waals surface area contributed by atoms with Gasteiger partial charge < -0.3 is 14.5 Å². The van der Waals surface area contributed by atoms with E-state index in [0.717, 1.165) is 25.9 Å². The third-order valence-corrected chi connectivity index (χ3v) is 5.62. The summed E-state index contributed by atoms with van der Waals surface area (Å²) in [4.78, 5) is 24.8. The van der Waals surface area contributed by atoms with E-state index in [0.29, 0.717) is 19.1 Å². The van der Waals surface area contributed by atoms with Crippen molar-refractivity contribution in [3.8, 4) is 0 Å². The Bertz CT molecular complexity index is 745. The van der Waals surface area contributed by atoms with E-state index in [4.69, 9.17) is 4.74 Å². The summed E-state index contributed by atoms with van der Waals surface area (Å²) in [5.41, 5.74) is 1.11. The smallest absolute Gasteiger partial charge is 0.291 e. The normalized spacial score (nSPS) is 21.7. The van der Waals surface area contributed by atoms with Crippen molar-refractivity contribution in [2.24, 2.45) is 0 Å². The van der Waals surface area contributed by atoms with Crippen LogP contribution >= 0.6 is 0 Å². The molecule has 1 aromatic carbocycles. The fourth-order valence-electron chi connectivity index (χ4n) is 3.96. The maximum atomic E-state index is 12.5. The van der Waals surface area contributed by atoms with Gasteiger partial charge >= 0.3 is 0 Å². The summed E-state index contributed by atoms with van der Waals surface area (Å²) in [5.74, 6) is 0.189. The SMILES string of the molecule is CN(c1ccccc1)C1COC2(CCN(C(=O)c3ncccn3)CC2)C1. The Hall–Kier alpha value is -2.47. The van der Waals surface area contributed by atoms with E-state index in [2.05, 4.69) is 46.2 Å². The Labute approximate surface area is 153 Å². The molecule has 2 fully saturated rings. The van der Waals surface area contributed by atoms with Crippen molar-refractivity contribution in [1.82, 2.24) is 14.9 Å². The molecule has 2 saturated heterocycles. The zero-order chi connectivity index (χ0) is 18.0. The molecule has 0 saturated carbocycles. The minimum Gasteiger partial charge on any atom is -0.373 e. The lowest BCUT2D eigenvalue weighted by Crippen LogP contribution is -2.47. The first-order valence-corrected chi connectivity index (χ1v) is 9.15. The lowest BCUT2D eigenvalue weighted by atomic mass is 9.87. The molecule has 6 nitrogen and oxygen atoms in total. The van der Waals surface area contributed by atoms with E-state index in [9.17, 15) is 4.79 Å². The molecule has 1 spiro atoms. The maximum Gasteiger partial charge on any atom is 0.291 e. The fourth-order valence-corrected chi connectivity index (χ4v) is 3.96. The zero-order valence-electron chi connectivity index (χ0n) is 15.0. The molecular formula is C20H24N4O2. The van der Waals surface area contributed by atoms with E-state index in [1.165, 1.54) is 5.69 Å². The average Bonchev–Trinajstić information content (AvgIpc) is 3.12. The molecule has 2 aliphatic rings. The second-order valence-corrected chi connectivity index (χ2v) is 7.16. The molecule has 6 heteroatoms. The van der Waals surface area contributed by atoms with Crippen LogP contribution in [0.4, 0.5) is 5.69 Å². The summed E-state index contributed by atoms with van der Waals surface area (Å²) in [7, 11) is 2.13. The van der Waals surface area contributed by atoms with Crippen molar-refractivity contribution in [3.05, 3.63) is 54.6 Å². The van der Waals surface area contributed by atoms with Gasteiger partial charge in [-0.2, -0.15) is 0 Å². The molecule has 136 valence electrons. The van der Waals surface area contributed by atoms with Crippen molar-refractivity contribution >= 4 is 11.6 Å². The summed E-state index contributed by atoms with van der Waals surface area (Å²) in [6, 6.07) is 12.5. The average molecular weight is 352 g/mol. The molecule has 1 amide bonds. The number of ether oxygens (including phenoxy) is 1. The van der Waals surface area contributed by atoms with Gasteiger partial charge in [-0.15, -0.1) is 0 Å². The van der Waals surface area contributed by atoms with Crippen molar-refractivity contribution < 1.29 is 9.53 Å². The van der Waals surface area contributed by atoms with Gasteiger partial charge in [-0.25, -0.2) is 9.97 Å². The van der Waals surface area contributed by atoms with Crippen LogP contribution in [-0.2, 0) is 4.74 Å². The summed E-state index contributed by atoms with van der Waals surface area (Å²) in [6.45, 7) is 2.12. The second-order valence-electron chi connectivity index (χ2n) is 7.16. The largest absolute Gasteiger partial charge is 0.373 e.